The molecule has 5 heteroatoms. The van der Waals surface area contributed by atoms with E-state index in [0.29, 0.717) is 6.54 Å². The molecule has 0 radical (unpaired) electrons. The van der Waals surface area contributed by atoms with Gasteiger partial charge in [-0.25, -0.2) is 0 Å². The third kappa shape index (κ3) is 2.83. The minimum absolute atomic E-state index is 0.0348. The van der Waals surface area contributed by atoms with Crippen LogP contribution in [0.15, 0.2) is 24.5 Å². The molecule has 5 nitrogen and oxygen atoms in total. The van der Waals surface area contributed by atoms with Crippen molar-refractivity contribution >= 4 is 5.91 Å². The number of aromatic nitrogens is 1. The molecule has 1 aliphatic rings. The van der Waals surface area contributed by atoms with E-state index in [0.717, 1.165) is 24.9 Å². The maximum Gasteiger partial charge on any atom is 0.224 e. The Bertz CT molecular complexity index is 464. The van der Waals surface area contributed by atoms with E-state index in [1.807, 2.05) is 19.1 Å². The molecule has 3 atom stereocenters. The summed E-state index contributed by atoms with van der Waals surface area (Å²) in [6.07, 6.45) is 5.25. The quantitative estimate of drug-likeness (QED) is 0.842. The molecule has 1 aromatic rings. The van der Waals surface area contributed by atoms with E-state index in [2.05, 4.69) is 16.8 Å². The average molecular weight is 276 g/mol. The van der Waals surface area contributed by atoms with E-state index in [1.54, 1.807) is 12.4 Å². The Hall–Kier alpha value is -1.46. The Morgan fingerprint density at radius 3 is 2.65 bits per heavy atom. The smallest absolute Gasteiger partial charge is 0.224 e. The topological polar surface area (TPSA) is 85.2 Å². The van der Waals surface area contributed by atoms with E-state index < -0.39 is 5.41 Å². The van der Waals surface area contributed by atoms with Crippen LogP contribution in [0.5, 0.6) is 0 Å². The van der Waals surface area contributed by atoms with Gasteiger partial charge in [0.15, 0.2) is 0 Å². The van der Waals surface area contributed by atoms with Crippen molar-refractivity contribution < 1.29 is 4.79 Å². The van der Waals surface area contributed by atoms with Gasteiger partial charge < -0.3 is 11.5 Å². The fourth-order valence-corrected chi connectivity index (χ4v) is 2.95. The van der Waals surface area contributed by atoms with E-state index in [4.69, 9.17) is 11.5 Å². The van der Waals surface area contributed by atoms with Gasteiger partial charge in [0.2, 0.25) is 5.91 Å². The van der Waals surface area contributed by atoms with Gasteiger partial charge in [-0.1, -0.05) is 6.92 Å². The van der Waals surface area contributed by atoms with Gasteiger partial charge in [0.1, 0.15) is 0 Å². The Morgan fingerprint density at radius 1 is 1.50 bits per heavy atom. The van der Waals surface area contributed by atoms with Gasteiger partial charge in [0.25, 0.3) is 0 Å². The maximum absolute atomic E-state index is 11.6. The van der Waals surface area contributed by atoms with Gasteiger partial charge in [-0.15, -0.1) is 0 Å². The van der Waals surface area contributed by atoms with E-state index in [-0.39, 0.29) is 18.0 Å². The lowest BCUT2D eigenvalue weighted by atomic mass is 9.89. The molecule has 1 saturated heterocycles. The van der Waals surface area contributed by atoms with Crippen LogP contribution in [-0.4, -0.2) is 34.9 Å². The second kappa shape index (κ2) is 5.89. The Labute approximate surface area is 120 Å². The molecule has 3 unspecified atom stereocenters. The van der Waals surface area contributed by atoms with E-state index >= 15 is 0 Å². The highest BCUT2D eigenvalue weighted by molar-refractivity contribution is 5.81. The molecule has 0 spiro atoms. The van der Waals surface area contributed by atoms with Crippen molar-refractivity contribution in [3.8, 4) is 0 Å². The van der Waals surface area contributed by atoms with Crippen molar-refractivity contribution in [2.75, 3.05) is 13.1 Å². The summed E-state index contributed by atoms with van der Waals surface area (Å²) < 4.78 is 0. The molecule has 4 N–H and O–H groups in total. The van der Waals surface area contributed by atoms with Crippen molar-refractivity contribution in [3.05, 3.63) is 30.1 Å². The Balaban J connectivity index is 2.24. The molecule has 2 rings (SSSR count). The highest BCUT2D eigenvalue weighted by Gasteiger charge is 2.42. The standard InChI is InChI=1S/C15H24N4O/c1-3-12(16)13(11-4-7-18-8-5-11)19-9-6-15(2,10-19)14(17)20/h4-5,7-8,12-13H,3,6,9-10,16H2,1-2H3,(H2,17,20). The number of carbonyl (C=O) groups is 1. The van der Waals surface area contributed by atoms with Crippen molar-refractivity contribution in [2.45, 2.75) is 38.8 Å². The maximum atomic E-state index is 11.6. The summed E-state index contributed by atoms with van der Waals surface area (Å²) in [6, 6.07) is 4.15. The zero-order chi connectivity index (χ0) is 14.8. The number of hydrogen-bond donors (Lipinski definition) is 2. The third-order valence-electron chi connectivity index (χ3n) is 4.42. The highest BCUT2D eigenvalue weighted by Crippen LogP contribution is 2.36. The zero-order valence-corrected chi connectivity index (χ0v) is 12.2. The summed E-state index contributed by atoms with van der Waals surface area (Å²) in [5, 5.41) is 0. The predicted octanol–water partition coefficient (Wildman–Crippen LogP) is 1.06. The Morgan fingerprint density at radius 2 is 2.15 bits per heavy atom. The van der Waals surface area contributed by atoms with Crippen LogP contribution in [0.3, 0.4) is 0 Å². The molecule has 0 aromatic carbocycles. The zero-order valence-electron chi connectivity index (χ0n) is 12.2. The van der Waals surface area contributed by atoms with E-state index in [1.165, 1.54) is 0 Å². The van der Waals surface area contributed by atoms with Gasteiger partial charge in [-0.2, -0.15) is 0 Å². The van der Waals surface area contributed by atoms with Gasteiger partial charge in [0, 0.05) is 25.0 Å². The van der Waals surface area contributed by atoms with Crippen LogP contribution in [-0.2, 0) is 4.79 Å². The van der Waals surface area contributed by atoms with E-state index in [9.17, 15) is 4.79 Å². The van der Waals surface area contributed by atoms with Gasteiger partial charge in [-0.3, -0.25) is 14.7 Å². The molecule has 1 fully saturated rings. The molecule has 0 saturated carbocycles. The number of amides is 1. The van der Waals surface area contributed by atoms with Gasteiger partial charge in [0.05, 0.1) is 11.5 Å². The normalized spacial score (nSPS) is 26.4. The van der Waals surface area contributed by atoms with Crippen molar-refractivity contribution in [1.82, 2.24) is 9.88 Å². The van der Waals surface area contributed by atoms with Crippen LogP contribution >= 0.6 is 0 Å². The SMILES string of the molecule is CCC(N)C(c1ccncc1)N1CCC(C)(C(N)=O)C1. The second-order valence-electron chi connectivity index (χ2n) is 5.94. The summed E-state index contributed by atoms with van der Waals surface area (Å²) in [6.45, 7) is 5.54. The van der Waals surface area contributed by atoms with Crippen molar-refractivity contribution in [3.63, 3.8) is 0 Å². The Kier molecular flexibility index (Phi) is 4.40. The first-order valence-electron chi connectivity index (χ1n) is 7.17. The number of rotatable bonds is 5. The fraction of sp³-hybridized carbons (Fsp3) is 0.600. The molecule has 20 heavy (non-hydrogen) atoms. The number of nitrogens with zero attached hydrogens (tertiary/aromatic N) is 2. The number of primary amides is 1. The second-order valence-corrected chi connectivity index (χ2v) is 5.94. The summed E-state index contributed by atoms with van der Waals surface area (Å²) >= 11 is 0. The first-order chi connectivity index (χ1) is 9.48. The molecule has 0 aliphatic carbocycles. The summed E-state index contributed by atoms with van der Waals surface area (Å²) in [5.41, 5.74) is 12.6. The lowest BCUT2D eigenvalue weighted by molar-refractivity contribution is -0.126. The minimum Gasteiger partial charge on any atom is -0.369 e. The van der Waals surface area contributed by atoms with Crippen LogP contribution in [0.4, 0.5) is 0 Å². The number of likely N-dealkylation sites (tertiary alicyclic amines) is 1. The third-order valence-corrected chi connectivity index (χ3v) is 4.42. The molecular formula is C15H24N4O. The number of hydrogen-bond acceptors (Lipinski definition) is 4. The predicted molar refractivity (Wildman–Crippen MR) is 78.7 cm³/mol. The van der Waals surface area contributed by atoms with Crippen molar-refractivity contribution in [2.24, 2.45) is 16.9 Å². The van der Waals surface area contributed by atoms with Crippen LogP contribution < -0.4 is 11.5 Å². The molecule has 0 bridgehead atoms. The number of carbonyl (C=O) groups excluding carboxylic acids is 1. The summed E-state index contributed by atoms with van der Waals surface area (Å²) in [4.78, 5) is 18.0. The molecule has 1 aliphatic heterocycles. The molecular weight excluding hydrogens is 252 g/mol. The average Bonchev–Trinajstić information content (AvgIpc) is 2.84. The first-order valence-corrected chi connectivity index (χ1v) is 7.17. The van der Waals surface area contributed by atoms with Gasteiger partial charge >= 0.3 is 0 Å². The van der Waals surface area contributed by atoms with Crippen LogP contribution in [0, 0.1) is 5.41 Å². The minimum atomic E-state index is -0.446. The largest absolute Gasteiger partial charge is 0.369 e. The molecule has 110 valence electrons. The monoisotopic (exact) mass is 276 g/mol. The van der Waals surface area contributed by atoms with Crippen molar-refractivity contribution in [1.29, 1.82) is 0 Å². The fourth-order valence-electron chi connectivity index (χ4n) is 2.95. The lowest BCUT2D eigenvalue weighted by Crippen LogP contribution is -2.42. The van der Waals surface area contributed by atoms with Crippen LogP contribution in [0.25, 0.3) is 0 Å². The molecule has 1 aromatic heterocycles. The lowest BCUT2D eigenvalue weighted by Gasteiger charge is -2.33. The van der Waals surface area contributed by atoms with Crippen LogP contribution in [0.1, 0.15) is 38.3 Å². The number of pyridine rings is 1. The van der Waals surface area contributed by atoms with Gasteiger partial charge in [-0.05, 0) is 44.0 Å². The van der Waals surface area contributed by atoms with Crippen LogP contribution in [0.2, 0.25) is 0 Å². The summed E-state index contributed by atoms with van der Waals surface area (Å²) in [7, 11) is 0. The highest BCUT2D eigenvalue weighted by atomic mass is 16.1. The first kappa shape index (κ1) is 14.9. The molecule has 1 amide bonds. The molecule has 2 heterocycles. The number of nitrogens with two attached hydrogens (primary N) is 2. The summed E-state index contributed by atoms with van der Waals surface area (Å²) in [5.74, 6) is -0.224.